The van der Waals surface area contributed by atoms with Crippen molar-refractivity contribution in [2.24, 2.45) is 0 Å². The number of fused-ring (bicyclic) bond motifs is 1. The van der Waals surface area contributed by atoms with Crippen LogP contribution in [0, 0.1) is 0 Å². The summed E-state index contributed by atoms with van der Waals surface area (Å²) in [6.45, 7) is 1.94. The third kappa shape index (κ3) is 4.21. The predicted molar refractivity (Wildman–Crippen MR) is 106 cm³/mol. The molecule has 0 aliphatic heterocycles. The highest BCUT2D eigenvalue weighted by atomic mass is 16.5. The quantitative estimate of drug-likeness (QED) is 0.498. The van der Waals surface area contributed by atoms with E-state index in [4.69, 9.17) is 13.9 Å². The minimum absolute atomic E-state index is 0.108. The molecule has 2 N–H and O–H groups in total. The molecular weight excluding hydrogens is 372 g/mol. The van der Waals surface area contributed by atoms with Crippen LogP contribution in [0.25, 0.3) is 10.8 Å². The summed E-state index contributed by atoms with van der Waals surface area (Å²) < 4.78 is 16.4. The second-order valence-corrected chi connectivity index (χ2v) is 6.46. The molecule has 0 fully saturated rings. The van der Waals surface area contributed by atoms with Crippen molar-refractivity contribution in [3.63, 3.8) is 0 Å². The van der Waals surface area contributed by atoms with Crippen LogP contribution in [0.2, 0.25) is 0 Å². The molecule has 0 aliphatic rings. The Kier molecular flexibility index (Phi) is 5.15. The van der Waals surface area contributed by atoms with Gasteiger partial charge in [0.2, 0.25) is 5.89 Å². The third-order valence-corrected chi connectivity index (χ3v) is 4.44. The minimum atomic E-state index is -0.346. The SMILES string of the molecule is COc1ccc2ccc(OCc3nc(C(=O)N[C@H](C)c4ncc[nH]4)co3)cc2c1. The Morgan fingerprint density at radius 2 is 2.00 bits per heavy atom. The van der Waals surface area contributed by atoms with E-state index < -0.39 is 0 Å². The van der Waals surface area contributed by atoms with Crippen LogP contribution in [-0.2, 0) is 6.61 Å². The molecule has 148 valence electrons. The Morgan fingerprint density at radius 3 is 2.76 bits per heavy atom. The Hall–Kier alpha value is -3.81. The first-order valence-corrected chi connectivity index (χ1v) is 9.07. The number of amides is 1. The second kappa shape index (κ2) is 8.05. The lowest BCUT2D eigenvalue weighted by atomic mass is 10.1. The van der Waals surface area contributed by atoms with E-state index >= 15 is 0 Å². The number of hydrogen-bond donors (Lipinski definition) is 2. The molecule has 29 heavy (non-hydrogen) atoms. The summed E-state index contributed by atoms with van der Waals surface area (Å²) >= 11 is 0. The molecule has 2 aromatic carbocycles. The average molecular weight is 392 g/mol. The van der Waals surface area contributed by atoms with Crippen LogP contribution in [-0.4, -0.2) is 28.0 Å². The highest BCUT2D eigenvalue weighted by Gasteiger charge is 2.17. The Morgan fingerprint density at radius 1 is 1.21 bits per heavy atom. The number of oxazole rings is 1. The van der Waals surface area contributed by atoms with Crippen molar-refractivity contribution in [3.8, 4) is 11.5 Å². The van der Waals surface area contributed by atoms with E-state index in [2.05, 4.69) is 20.3 Å². The van der Waals surface area contributed by atoms with Crippen LogP contribution >= 0.6 is 0 Å². The smallest absolute Gasteiger partial charge is 0.273 e. The van der Waals surface area contributed by atoms with Gasteiger partial charge < -0.3 is 24.2 Å². The van der Waals surface area contributed by atoms with Crippen LogP contribution in [0.3, 0.4) is 0 Å². The maximum absolute atomic E-state index is 12.3. The van der Waals surface area contributed by atoms with Gasteiger partial charge in [0.15, 0.2) is 12.3 Å². The zero-order valence-electron chi connectivity index (χ0n) is 16.0. The zero-order valence-corrected chi connectivity index (χ0v) is 16.0. The standard InChI is InChI=1S/C21H20N4O4/c1-13(20-22-7-8-23-20)24-21(26)18-11-29-19(25-18)12-28-17-6-4-14-3-5-16(27-2)9-15(14)10-17/h3-11,13H,12H2,1-2H3,(H,22,23)(H,24,26)/t13-/m1/s1. The number of H-pyrrole nitrogens is 1. The van der Waals surface area contributed by atoms with Crippen LogP contribution in [0.4, 0.5) is 0 Å². The molecule has 0 aliphatic carbocycles. The lowest BCUT2D eigenvalue weighted by Gasteiger charge is -2.09. The van der Waals surface area contributed by atoms with Crippen LogP contribution in [0.5, 0.6) is 11.5 Å². The van der Waals surface area contributed by atoms with Gasteiger partial charge in [0.25, 0.3) is 5.91 Å². The number of nitrogens with one attached hydrogen (secondary N) is 2. The van der Waals surface area contributed by atoms with E-state index in [1.54, 1.807) is 19.5 Å². The second-order valence-electron chi connectivity index (χ2n) is 6.46. The number of ether oxygens (including phenoxy) is 2. The molecule has 0 unspecified atom stereocenters. The van der Waals surface area contributed by atoms with E-state index in [1.165, 1.54) is 6.26 Å². The first-order chi connectivity index (χ1) is 14.1. The summed E-state index contributed by atoms with van der Waals surface area (Å²) in [5, 5.41) is 4.89. The average Bonchev–Trinajstić information content (AvgIpc) is 3.43. The molecule has 2 heterocycles. The van der Waals surface area contributed by atoms with Gasteiger partial charge in [-0.2, -0.15) is 0 Å². The van der Waals surface area contributed by atoms with Gasteiger partial charge in [-0.05, 0) is 42.0 Å². The highest BCUT2D eigenvalue weighted by Crippen LogP contribution is 2.25. The summed E-state index contributed by atoms with van der Waals surface area (Å²) in [4.78, 5) is 23.6. The largest absolute Gasteiger partial charge is 0.497 e. The maximum Gasteiger partial charge on any atom is 0.273 e. The van der Waals surface area contributed by atoms with Gasteiger partial charge in [-0.15, -0.1) is 0 Å². The number of nitrogens with zero attached hydrogens (tertiary/aromatic N) is 2. The fourth-order valence-corrected chi connectivity index (χ4v) is 2.90. The lowest BCUT2D eigenvalue weighted by Crippen LogP contribution is -2.27. The minimum Gasteiger partial charge on any atom is -0.497 e. The van der Waals surface area contributed by atoms with Crippen molar-refractivity contribution in [1.29, 1.82) is 0 Å². The molecule has 8 heteroatoms. The van der Waals surface area contributed by atoms with Crippen molar-refractivity contribution in [3.05, 3.63) is 72.5 Å². The van der Waals surface area contributed by atoms with Crippen LogP contribution < -0.4 is 14.8 Å². The molecule has 0 saturated heterocycles. The fraction of sp³-hybridized carbons (Fsp3) is 0.190. The number of benzene rings is 2. The number of hydrogen-bond acceptors (Lipinski definition) is 6. The van der Waals surface area contributed by atoms with Gasteiger partial charge in [-0.1, -0.05) is 12.1 Å². The van der Waals surface area contributed by atoms with Crippen molar-refractivity contribution in [2.45, 2.75) is 19.6 Å². The molecule has 0 radical (unpaired) electrons. The molecule has 1 atom stereocenters. The van der Waals surface area contributed by atoms with E-state index in [0.29, 0.717) is 17.5 Å². The van der Waals surface area contributed by atoms with Crippen LogP contribution in [0.15, 0.2) is 59.5 Å². The van der Waals surface area contributed by atoms with Gasteiger partial charge in [0, 0.05) is 12.4 Å². The summed E-state index contributed by atoms with van der Waals surface area (Å²) in [6.07, 6.45) is 4.65. The molecule has 0 spiro atoms. The van der Waals surface area contributed by atoms with Crippen LogP contribution in [0.1, 0.15) is 35.2 Å². The van der Waals surface area contributed by atoms with Gasteiger partial charge in [-0.25, -0.2) is 9.97 Å². The van der Waals surface area contributed by atoms with Crippen molar-refractivity contribution in [2.75, 3.05) is 7.11 Å². The highest BCUT2D eigenvalue weighted by molar-refractivity contribution is 5.92. The first-order valence-electron chi connectivity index (χ1n) is 9.07. The number of methoxy groups -OCH3 is 1. The maximum atomic E-state index is 12.3. The third-order valence-electron chi connectivity index (χ3n) is 4.44. The van der Waals surface area contributed by atoms with Gasteiger partial charge in [-0.3, -0.25) is 4.79 Å². The first kappa shape index (κ1) is 18.5. The number of aromatic nitrogens is 3. The molecule has 8 nitrogen and oxygen atoms in total. The predicted octanol–water partition coefficient (Wildman–Crippen LogP) is 3.63. The van der Waals surface area contributed by atoms with E-state index in [9.17, 15) is 4.79 Å². The van der Waals surface area contributed by atoms with Crippen molar-refractivity contribution >= 4 is 16.7 Å². The summed E-state index contributed by atoms with van der Waals surface area (Å²) in [6, 6.07) is 11.3. The fourth-order valence-electron chi connectivity index (χ4n) is 2.90. The molecule has 1 amide bonds. The number of carbonyl (C=O) groups excluding carboxylic acids is 1. The van der Waals surface area contributed by atoms with E-state index in [1.807, 2.05) is 43.3 Å². The summed E-state index contributed by atoms with van der Waals surface area (Å²) in [5.41, 5.74) is 0.185. The Balaban J connectivity index is 1.39. The Labute approximate surface area is 166 Å². The molecule has 2 aromatic heterocycles. The molecule has 4 aromatic rings. The molecule has 0 saturated carbocycles. The number of carbonyl (C=O) groups is 1. The number of imidazole rings is 1. The monoisotopic (exact) mass is 392 g/mol. The van der Waals surface area contributed by atoms with E-state index in [-0.39, 0.29) is 24.2 Å². The topological polar surface area (TPSA) is 102 Å². The van der Waals surface area contributed by atoms with E-state index in [0.717, 1.165) is 16.5 Å². The van der Waals surface area contributed by atoms with Gasteiger partial charge >= 0.3 is 0 Å². The normalized spacial score (nSPS) is 11.9. The lowest BCUT2D eigenvalue weighted by molar-refractivity contribution is 0.0933. The molecule has 4 rings (SSSR count). The Bertz CT molecular complexity index is 1120. The number of aromatic amines is 1. The number of rotatable bonds is 7. The zero-order chi connectivity index (χ0) is 20.2. The van der Waals surface area contributed by atoms with Crippen molar-refractivity contribution in [1.82, 2.24) is 20.3 Å². The molecular formula is C21H20N4O4. The summed E-state index contributed by atoms with van der Waals surface area (Å²) in [7, 11) is 1.63. The van der Waals surface area contributed by atoms with Gasteiger partial charge in [0.1, 0.15) is 23.6 Å². The van der Waals surface area contributed by atoms with Gasteiger partial charge in [0.05, 0.1) is 13.2 Å². The summed E-state index contributed by atoms with van der Waals surface area (Å²) in [5.74, 6) is 2.08. The van der Waals surface area contributed by atoms with Crippen molar-refractivity contribution < 1.29 is 18.7 Å². The molecule has 0 bridgehead atoms.